The molecule has 0 bridgehead atoms. The maximum absolute atomic E-state index is 12.0. The van der Waals surface area contributed by atoms with Crippen LogP contribution in [0.25, 0.3) is 0 Å². The van der Waals surface area contributed by atoms with E-state index in [4.69, 9.17) is 13.9 Å². The first-order chi connectivity index (χ1) is 14.5. The van der Waals surface area contributed by atoms with Gasteiger partial charge in [-0.3, -0.25) is 4.79 Å². The van der Waals surface area contributed by atoms with Crippen LogP contribution in [0, 0.1) is 6.92 Å². The quantitative estimate of drug-likeness (QED) is 0.290. The summed E-state index contributed by atoms with van der Waals surface area (Å²) in [7, 11) is 0. The fraction of sp³-hybridized carbons (Fsp3) is 0.182. The van der Waals surface area contributed by atoms with Gasteiger partial charge in [0.25, 0.3) is 0 Å². The third-order valence-electron chi connectivity index (χ3n) is 3.97. The van der Waals surface area contributed by atoms with Crippen LogP contribution in [-0.4, -0.2) is 18.7 Å². The SMILES string of the molecule is CCOc1cc(/C=N\NC(=O)c2ccc(C)o2)cc(Br)c1OCc1ccc(Br)cc1. The minimum Gasteiger partial charge on any atom is -0.490 e. The summed E-state index contributed by atoms with van der Waals surface area (Å²) in [6, 6.07) is 14.9. The van der Waals surface area contributed by atoms with Crippen molar-refractivity contribution in [2.75, 3.05) is 6.61 Å². The zero-order valence-corrected chi connectivity index (χ0v) is 19.6. The summed E-state index contributed by atoms with van der Waals surface area (Å²) in [6.07, 6.45) is 1.53. The highest BCUT2D eigenvalue weighted by Crippen LogP contribution is 2.37. The van der Waals surface area contributed by atoms with E-state index in [0.717, 1.165) is 20.1 Å². The number of nitrogens with one attached hydrogen (secondary N) is 1. The van der Waals surface area contributed by atoms with Gasteiger partial charge in [0.05, 0.1) is 17.3 Å². The van der Waals surface area contributed by atoms with Crippen LogP contribution in [0.3, 0.4) is 0 Å². The molecule has 0 atom stereocenters. The number of hydrogen-bond acceptors (Lipinski definition) is 5. The summed E-state index contributed by atoms with van der Waals surface area (Å²) >= 11 is 6.96. The van der Waals surface area contributed by atoms with Crippen LogP contribution in [-0.2, 0) is 6.61 Å². The van der Waals surface area contributed by atoms with Gasteiger partial charge in [0.2, 0.25) is 0 Å². The number of nitrogens with zero attached hydrogens (tertiary/aromatic N) is 1. The molecule has 3 rings (SSSR count). The lowest BCUT2D eigenvalue weighted by atomic mass is 10.2. The Kier molecular flexibility index (Phi) is 7.70. The van der Waals surface area contributed by atoms with Gasteiger partial charge < -0.3 is 13.9 Å². The molecule has 0 aliphatic rings. The number of ether oxygens (including phenoxy) is 2. The molecule has 0 aliphatic carbocycles. The van der Waals surface area contributed by atoms with Crippen LogP contribution in [0.2, 0.25) is 0 Å². The Balaban J connectivity index is 1.71. The smallest absolute Gasteiger partial charge is 0.307 e. The number of carbonyl (C=O) groups is 1. The molecule has 0 saturated carbocycles. The average Bonchev–Trinajstić information content (AvgIpc) is 3.15. The Bertz CT molecular complexity index is 1050. The van der Waals surface area contributed by atoms with E-state index < -0.39 is 5.91 Å². The number of benzene rings is 2. The molecule has 8 heteroatoms. The molecule has 6 nitrogen and oxygen atoms in total. The Morgan fingerprint density at radius 1 is 1.13 bits per heavy atom. The first kappa shape index (κ1) is 22.1. The average molecular weight is 536 g/mol. The second kappa shape index (κ2) is 10.4. The van der Waals surface area contributed by atoms with Crippen molar-refractivity contribution in [1.82, 2.24) is 5.43 Å². The standard InChI is InChI=1S/C22H20Br2N2O4/c1-3-28-20-11-16(12-25-26-22(27)19-9-4-14(2)30-19)10-18(24)21(20)29-13-15-5-7-17(23)8-6-15/h4-12H,3,13H2,1-2H3,(H,26,27)/b25-12-. The van der Waals surface area contributed by atoms with Crippen LogP contribution in [0.15, 0.2) is 67.0 Å². The molecular formula is C22H20Br2N2O4. The molecular weight excluding hydrogens is 516 g/mol. The first-order valence-corrected chi connectivity index (χ1v) is 10.8. The van der Waals surface area contributed by atoms with Crippen molar-refractivity contribution < 1.29 is 18.7 Å². The maximum atomic E-state index is 12.0. The van der Waals surface area contributed by atoms with Gasteiger partial charge in [0, 0.05) is 4.47 Å². The number of aryl methyl sites for hydroxylation is 1. The molecule has 2 aromatic carbocycles. The number of amides is 1. The molecule has 0 radical (unpaired) electrons. The maximum Gasteiger partial charge on any atom is 0.307 e. The predicted molar refractivity (Wildman–Crippen MR) is 122 cm³/mol. The van der Waals surface area contributed by atoms with Gasteiger partial charge in [-0.15, -0.1) is 0 Å². The first-order valence-electron chi connectivity index (χ1n) is 9.19. The lowest BCUT2D eigenvalue weighted by Crippen LogP contribution is -2.16. The minimum atomic E-state index is -0.419. The van der Waals surface area contributed by atoms with E-state index in [2.05, 4.69) is 42.4 Å². The molecule has 156 valence electrons. The van der Waals surface area contributed by atoms with Crippen LogP contribution in [0.4, 0.5) is 0 Å². The molecule has 30 heavy (non-hydrogen) atoms. The van der Waals surface area contributed by atoms with Crippen molar-refractivity contribution >= 4 is 44.0 Å². The van der Waals surface area contributed by atoms with Gasteiger partial charge in [-0.2, -0.15) is 5.10 Å². The summed E-state index contributed by atoms with van der Waals surface area (Å²) in [5.41, 5.74) is 4.21. The number of halogens is 2. The number of furan rings is 1. The largest absolute Gasteiger partial charge is 0.490 e. The van der Waals surface area contributed by atoms with E-state index in [9.17, 15) is 4.79 Å². The Labute approximate surface area is 191 Å². The highest BCUT2D eigenvalue weighted by atomic mass is 79.9. The van der Waals surface area contributed by atoms with E-state index in [1.165, 1.54) is 6.21 Å². The number of hydrogen-bond donors (Lipinski definition) is 1. The summed E-state index contributed by atoms with van der Waals surface area (Å²) in [6.45, 7) is 4.56. The molecule has 1 heterocycles. The number of carbonyl (C=O) groups excluding carboxylic acids is 1. The van der Waals surface area contributed by atoms with Crippen molar-refractivity contribution in [1.29, 1.82) is 0 Å². The highest BCUT2D eigenvalue weighted by molar-refractivity contribution is 9.10. The summed E-state index contributed by atoms with van der Waals surface area (Å²) in [5.74, 6) is 1.63. The van der Waals surface area contributed by atoms with Gasteiger partial charge >= 0.3 is 5.91 Å². The van der Waals surface area contributed by atoms with Crippen LogP contribution in [0.5, 0.6) is 11.5 Å². The van der Waals surface area contributed by atoms with Crippen molar-refractivity contribution in [3.05, 3.63) is 80.1 Å². The van der Waals surface area contributed by atoms with Gasteiger partial charge in [0.15, 0.2) is 17.3 Å². The molecule has 0 fully saturated rings. The molecule has 3 aromatic rings. The van der Waals surface area contributed by atoms with E-state index in [-0.39, 0.29) is 5.76 Å². The number of rotatable bonds is 8. The van der Waals surface area contributed by atoms with Crippen molar-refractivity contribution in [2.24, 2.45) is 5.10 Å². The lowest BCUT2D eigenvalue weighted by molar-refractivity contribution is 0.0926. The lowest BCUT2D eigenvalue weighted by Gasteiger charge is -2.14. The Morgan fingerprint density at radius 2 is 1.90 bits per heavy atom. The second-order valence-corrected chi connectivity index (χ2v) is 8.06. The minimum absolute atomic E-state index is 0.206. The Morgan fingerprint density at radius 3 is 2.57 bits per heavy atom. The molecule has 0 saturated heterocycles. The molecule has 0 unspecified atom stereocenters. The van der Waals surface area contributed by atoms with Crippen molar-refractivity contribution in [3.63, 3.8) is 0 Å². The third kappa shape index (κ3) is 5.96. The fourth-order valence-corrected chi connectivity index (χ4v) is 3.42. The van der Waals surface area contributed by atoms with Crippen molar-refractivity contribution in [2.45, 2.75) is 20.5 Å². The summed E-state index contributed by atoms with van der Waals surface area (Å²) in [5, 5.41) is 3.99. The fourth-order valence-electron chi connectivity index (χ4n) is 2.58. The summed E-state index contributed by atoms with van der Waals surface area (Å²) < 4.78 is 18.7. The molecule has 1 aromatic heterocycles. The van der Waals surface area contributed by atoms with Crippen LogP contribution < -0.4 is 14.9 Å². The van der Waals surface area contributed by atoms with Gasteiger partial charge in [-0.1, -0.05) is 28.1 Å². The van der Waals surface area contributed by atoms with E-state index in [1.54, 1.807) is 25.1 Å². The zero-order valence-electron chi connectivity index (χ0n) is 16.4. The zero-order chi connectivity index (χ0) is 21.5. The topological polar surface area (TPSA) is 73.1 Å². The van der Waals surface area contributed by atoms with E-state index >= 15 is 0 Å². The van der Waals surface area contributed by atoms with Gasteiger partial charge in [-0.05, 0) is 77.3 Å². The van der Waals surface area contributed by atoms with Crippen molar-refractivity contribution in [3.8, 4) is 11.5 Å². The second-order valence-electron chi connectivity index (χ2n) is 6.29. The highest BCUT2D eigenvalue weighted by Gasteiger charge is 2.13. The molecule has 1 N–H and O–H groups in total. The normalized spacial score (nSPS) is 10.9. The molecule has 1 amide bonds. The van der Waals surface area contributed by atoms with Gasteiger partial charge in [0.1, 0.15) is 12.4 Å². The molecule has 0 aliphatic heterocycles. The monoisotopic (exact) mass is 534 g/mol. The van der Waals surface area contributed by atoms with Crippen LogP contribution >= 0.6 is 31.9 Å². The molecule has 0 spiro atoms. The Hall–Kier alpha value is -2.58. The van der Waals surface area contributed by atoms with Gasteiger partial charge in [-0.25, -0.2) is 5.43 Å². The van der Waals surface area contributed by atoms with Crippen LogP contribution in [0.1, 0.15) is 34.4 Å². The third-order valence-corrected chi connectivity index (χ3v) is 5.09. The van der Waals surface area contributed by atoms with E-state index in [1.807, 2.05) is 37.3 Å². The predicted octanol–water partition coefficient (Wildman–Crippen LogP) is 5.85. The van der Waals surface area contributed by atoms with E-state index in [0.29, 0.717) is 30.5 Å². The number of hydrazone groups is 1. The summed E-state index contributed by atoms with van der Waals surface area (Å²) in [4.78, 5) is 12.0.